The Morgan fingerprint density at radius 2 is 0.548 bits per heavy atom. The van der Waals surface area contributed by atoms with E-state index in [1.165, 1.54) is 385 Å². The van der Waals surface area contributed by atoms with Crippen LogP contribution in [0.2, 0.25) is 0 Å². The van der Waals surface area contributed by atoms with Crippen LogP contribution in [-0.2, 0) is 14.3 Å². The molecule has 6 heteroatoms. The summed E-state index contributed by atoms with van der Waals surface area (Å²) < 4.78 is 5.52. The molecule has 0 heterocycles. The van der Waals surface area contributed by atoms with Crippen LogP contribution in [0, 0.1) is 0 Å². The third-order valence-electron chi connectivity index (χ3n) is 18.6. The summed E-state index contributed by atoms with van der Waals surface area (Å²) >= 11 is 0. The maximum Gasteiger partial charge on any atom is 0.305 e. The number of rotatable bonds is 74. The number of carbonyl (C=O) groups is 2. The zero-order valence-electron chi connectivity index (χ0n) is 57.4. The van der Waals surface area contributed by atoms with E-state index < -0.39 is 12.1 Å². The van der Waals surface area contributed by atoms with Gasteiger partial charge >= 0.3 is 5.97 Å². The van der Waals surface area contributed by atoms with E-state index in [-0.39, 0.29) is 18.5 Å². The molecular weight excluding hydrogens is 1030 g/mol. The number of esters is 1. The van der Waals surface area contributed by atoms with Gasteiger partial charge < -0.3 is 20.3 Å². The fourth-order valence-electron chi connectivity index (χ4n) is 12.6. The van der Waals surface area contributed by atoms with E-state index >= 15 is 0 Å². The SMILES string of the molecule is CCCCCCCCCCCCCCCCCCC/C=C/C(O)C(CO)NC(=O)CCCCCCCCCCCCCCCCCCCCCCCCCCCCCCCCCOC(=O)CCCCCCCCCCCCCCCCCCC. The number of allylic oxidation sites excluding steroid dienone is 1. The highest BCUT2D eigenvalue weighted by Gasteiger charge is 2.18. The van der Waals surface area contributed by atoms with Gasteiger partial charge in [0, 0.05) is 12.8 Å². The fraction of sp³-hybridized carbons (Fsp3) is 0.949. The van der Waals surface area contributed by atoms with Gasteiger partial charge in [-0.2, -0.15) is 0 Å². The Morgan fingerprint density at radius 1 is 0.321 bits per heavy atom. The summed E-state index contributed by atoms with van der Waals surface area (Å²) in [5.74, 6) is -0.0335. The molecule has 0 aliphatic carbocycles. The molecule has 1 amide bonds. The first-order chi connectivity index (χ1) is 41.5. The van der Waals surface area contributed by atoms with Gasteiger partial charge in [0.1, 0.15) is 0 Å². The van der Waals surface area contributed by atoms with E-state index in [2.05, 4.69) is 19.2 Å². The molecule has 0 rings (SSSR count). The van der Waals surface area contributed by atoms with E-state index in [9.17, 15) is 19.8 Å². The third-order valence-corrected chi connectivity index (χ3v) is 18.6. The number of unbranched alkanes of at least 4 members (excludes halogenated alkanes) is 63. The molecular formula is C78H153NO5. The lowest BCUT2D eigenvalue weighted by molar-refractivity contribution is -0.143. The van der Waals surface area contributed by atoms with Crippen LogP contribution in [-0.4, -0.2) is 47.4 Å². The second kappa shape index (κ2) is 74.1. The Morgan fingerprint density at radius 3 is 0.810 bits per heavy atom. The first kappa shape index (κ1) is 82.6. The second-order valence-corrected chi connectivity index (χ2v) is 27.1. The first-order valence-electron chi connectivity index (χ1n) is 39.0. The van der Waals surface area contributed by atoms with Crippen LogP contribution < -0.4 is 5.32 Å². The lowest BCUT2D eigenvalue weighted by Crippen LogP contribution is -2.45. The van der Waals surface area contributed by atoms with Crippen LogP contribution >= 0.6 is 0 Å². The second-order valence-electron chi connectivity index (χ2n) is 27.1. The maximum atomic E-state index is 12.5. The fourth-order valence-corrected chi connectivity index (χ4v) is 12.6. The minimum Gasteiger partial charge on any atom is -0.466 e. The predicted molar refractivity (Wildman–Crippen MR) is 370 cm³/mol. The van der Waals surface area contributed by atoms with E-state index in [0.717, 1.165) is 38.5 Å². The Kier molecular flexibility index (Phi) is 72.8. The standard InChI is InChI=1S/C78H153NO5/c1-3-5-7-9-11-13-15-17-19-21-35-39-42-46-50-54-58-62-66-70-76(81)75(74-80)79-77(82)71-67-63-59-55-51-47-43-40-36-33-31-29-27-25-23-22-24-26-28-30-32-34-37-41-45-49-53-57-61-65-69-73-84-78(83)72-68-64-60-56-52-48-44-38-20-18-16-14-12-10-8-6-4-2/h66,70,75-76,80-81H,3-65,67-69,71-74H2,1-2H3,(H,79,82)/b70-66+. The van der Waals surface area contributed by atoms with E-state index in [4.69, 9.17) is 4.74 Å². The van der Waals surface area contributed by atoms with Gasteiger partial charge in [0.05, 0.1) is 25.4 Å². The molecule has 0 bridgehead atoms. The van der Waals surface area contributed by atoms with Gasteiger partial charge in [-0.3, -0.25) is 9.59 Å². The van der Waals surface area contributed by atoms with Crippen molar-refractivity contribution >= 4 is 11.9 Å². The minimum atomic E-state index is -0.842. The molecule has 84 heavy (non-hydrogen) atoms. The topological polar surface area (TPSA) is 95.9 Å². The molecule has 0 aromatic heterocycles. The molecule has 6 nitrogen and oxygen atoms in total. The smallest absolute Gasteiger partial charge is 0.305 e. The average molecular weight is 1190 g/mol. The summed E-state index contributed by atoms with van der Waals surface area (Å²) in [6.45, 7) is 4.97. The van der Waals surface area contributed by atoms with Gasteiger partial charge in [0.2, 0.25) is 5.91 Å². The zero-order valence-corrected chi connectivity index (χ0v) is 57.4. The molecule has 0 saturated carbocycles. The van der Waals surface area contributed by atoms with Crippen molar-refractivity contribution in [3.8, 4) is 0 Å². The number of amides is 1. The molecule has 0 fully saturated rings. The monoisotopic (exact) mass is 1180 g/mol. The summed E-state index contributed by atoms with van der Waals surface area (Å²) in [7, 11) is 0. The number of hydrogen-bond donors (Lipinski definition) is 3. The maximum absolute atomic E-state index is 12.5. The van der Waals surface area contributed by atoms with Crippen molar-refractivity contribution in [2.45, 2.75) is 463 Å². The van der Waals surface area contributed by atoms with Crippen LogP contribution in [0.5, 0.6) is 0 Å². The van der Waals surface area contributed by atoms with Crippen LogP contribution in [0.4, 0.5) is 0 Å². The highest BCUT2D eigenvalue weighted by molar-refractivity contribution is 5.76. The van der Waals surface area contributed by atoms with E-state index in [1.807, 2.05) is 6.08 Å². The van der Waals surface area contributed by atoms with Crippen LogP contribution in [0.25, 0.3) is 0 Å². The Hall–Kier alpha value is -1.40. The molecule has 3 N–H and O–H groups in total. The lowest BCUT2D eigenvalue weighted by Gasteiger charge is -2.20. The van der Waals surface area contributed by atoms with Crippen molar-refractivity contribution in [3.05, 3.63) is 12.2 Å². The third kappa shape index (κ3) is 69.7. The van der Waals surface area contributed by atoms with Crippen molar-refractivity contribution in [1.82, 2.24) is 5.32 Å². The highest BCUT2D eigenvalue weighted by atomic mass is 16.5. The van der Waals surface area contributed by atoms with Crippen LogP contribution in [0.3, 0.4) is 0 Å². The molecule has 2 unspecified atom stereocenters. The molecule has 0 radical (unpaired) electrons. The molecule has 0 spiro atoms. The summed E-state index contributed by atoms with van der Waals surface area (Å²) in [5, 5.41) is 23.3. The summed E-state index contributed by atoms with van der Waals surface area (Å²) in [4.78, 5) is 24.6. The molecule has 500 valence electrons. The number of hydrogen-bond acceptors (Lipinski definition) is 5. The minimum absolute atomic E-state index is 0.0256. The molecule has 0 aromatic rings. The summed E-state index contributed by atoms with van der Waals surface area (Å²) in [6, 6.07) is -0.625. The number of ether oxygens (including phenoxy) is 1. The molecule has 0 saturated heterocycles. The van der Waals surface area contributed by atoms with Gasteiger partial charge in [-0.05, 0) is 32.1 Å². The normalized spacial score (nSPS) is 12.5. The van der Waals surface area contributed by atoms with Gasteiger partial charge in [-0.1, -0.05) is 418 Å². The largest absolute Gasteiger partial charge is 0.466 e. The molecule has 0 aromatic carbocycles. The van der Waals surface area contributed by atoms with E-state index in [0.29, 0.717) is 19.4 Å². The highest BCUT2D eigenvalue weighted by Crippen LogP contribution is 2.20. The molecule has 2 atom stereocenters. The Labute approximate surface area is 527 Å². The van der Waals surface area contributed by atoms with Gasteiger partial charge in [0.25, 0.3) is 0 Å². The van der Waals surface area contributed by atoms with E-state index in [1.54, 1.807) is 6.08 Å². The van der Waals surface area contributed by atoms with Crippen LogP contribution in [0.1, 0.15) is 450 Å². The van der Waals surface area contributed by atoms with Crippen molar-refractivity contribution in [2.24, 2.45) is 0 Å². The van der Waals surface area contributed by atoms with Crippen molar-refractivity contribution < 1.29 is 24.5 Å². The number of aliphatic hydroxyl groups is 2. The van der Waals surface area contributed by atoms with Gasteiger partial charge in [-0.25, -0.2) is 0 Å². The quantitative estimate of drug-likeness (QED) is 0.0320. The van der Waals surface area contributed by atoms with Gasteiger partial charge in [-0.15, -0.1) is 0 Å². The Balaban J connectivity index is 3.33. The van der Waals surface area contributed by atoms with Crippen LogP contribution in [0.15, 0.2) is 12.2 Å². The zero-order chi connectivity index (χ0) is 60.6. The number of aliphatic hydroxyl groups excluding tert-OH is 2. The first-order valence-corrected chi connectivity index (χ1v) is 39.0. The van der Waals surface area contributed by atoms with Crippen molar-refractivity contribution in [3.63, 3.8) is 0 Å². The average Bonchev–Trinajstić information content (AvgIpc) is 3.52. The summed E-state index contributed by atoms with van der Waals surface area (Å²) in [6.07, 6.45) is 93.3. The molecule has 0 aliphatic rings. The van der Waals surface area contributed by atoms with Crippen molar-refractivity contribution in [2.75, 3.05) is 13.2 Å². The predicted octanol–water partition coefficient (Wildman–Crippen LogP) is 25.5. The number of nitrogens with one attached hydrogen (secondary N) is 1. The summed E-state index contributed by atoms with van der Waals surface area (Å²) in [5.41, 5.74) is 0. The van der Waals surface area contributed by atoms with Crippen molar-refractivity contribution in [1.29, 1.82) is 0 Å². The number of carbonyl (C=O) groups excluding carboxylic acids is 2. The molecule has 0 aliphatic heterocycles. The van der Waals surface area contributed by atoms with Gasteiger partial charge in [0.15, 0.2) is 0 Å². The Bertz CT molecular complexity index is 1270. The lowest BCUT2D eigenvalue weighted by atomic mass is 10.0.